The first kappa shape index (κ1) is 12.6. The minimum Gasteiger partial charge on any atom is -0.341 e. The second-order valence-electron chi connectivity index (χ2n) is 4.66. The van der Waals surface area contributed by atoms with Crippen molar-refractivity contribution in [3.05, 3.63) is 29.8 Å². The van der Waals surface area contributed by atoms with Gasteiger partial charge in [0.25, 0.3) is 0 Å². The molecule has 1 fully saturated rings. The van der Waals surface area contributed by atoms with Crippen molar-refractivity contribution >= 4 is 17.5 Å². The maximum atomic E-state index is 11.9. The summed E-state index contributed by atoms with van der Waals surface area (Å²) in [5, 5.41) is 2.88. The number of benzene rings is 1. The van der Waals surface area contributed by atoms with Gasteiger partial charge in [-0.15, -0.1) is 0 Å². The van der Waals surface area contributed by atoms with Crippen LogP contribution in [0.25, 0.3) is 0 Å². The van der Waals surface area contributed by atoms with E-state index in [2.05, 4.69) is 12.2 Å². The van der Waals surface area contributed by atoms with Gasteiger partial charge in [-0.2, -0.15) is 0 Å². The average molecular weight is 246 g/mol. The van der Waals surface area contributed by atoms with Crippen molar-refractivity contribution in [3.8, 4) is 0 Å². The largest absolute Gasteiger partial charge is 0.341 e. The zero-order valence-corrected chi connectivity index (χ0v) is 10.8. The lowest BCUT2D eigenvalue weighted by molar-refractivity contribution is -0.139. The molecule has 96 valence electrons. The van der Waals surface area contributed by atoms with Gasteiger partial charge in [0.15, 0.2) is 0 Å². The topological polar surface area (TPSA) is 49.4 Å². The maximum Gasteiger partial charge on any atom is 0.231 e. The Hall–Kier alpha value is -1.84. The van der Waals surface area contributed by atoms with Crippen LogP contribution in [0.5, 0.6) is 0 Å². The summed E-state index contributed by atoms with van der Waals surface area (Å²) in [6, 6.07) is 7.85. The fraction of sp³-hybridized carbons (Fsp3) is 0.429. The summed E-state index contributed by atoms with van der Waals surface area (Å²) in [5.41, 5.74) is 2.07. The van der Waals surface area contributed by atoms with E-state index in [1.165, 1.54) is 12.5 Å². The second-order valence-corrected chi connectivity index (χ2v) is 4.66. The minimum atomic E-state index is -0.0697. The summed E-state index contributed by atoms with van der Waals surface area (Å²) >= 11 is 0. The monoisotopic (exact) mass is 246 g/mol. The van der Waals surface area contributed by atoms with E-state index in [4.69, 9.17) is 0 Å². The van der Waals surface area contributed by atoms with E-state index >= 15 is 0 Å². The first-order chi connectivity index (χ1) is 8.60. The van der Waals surface area contributed by atoms with E-state index in [9.17, 15) is 9.59 Å². The van der Waals surface area contributed by atoms with Crippen LogP contribution in [0.2, 0.25) is 0 Å². The number of hydrogen-bond acceptors (Lipinski definition) is 2. The lowest BCUT2D eigenvalue weighted by atomic mass is 9.99. The van der Waals surface area contributed by atoms with Gasteiger partial charge in [-0.3, -0.25) is 9.59 Å². The standard InChI is InChI=1S/C14H18N2O2/c1-3-11-4-6-13(7-5-11)15-14(18)12-8-16(9-12)10(2)17/h4-7,12H,3,8-9H2,1-2H3,(H,15,18). The molecule has 1 aromatic carbocycles. The zero-order valence-electron chi connectivity index (χ0n) is 10.8. The Kier molecular flexibility index (Phi) is 3.65. The lowest BCUT2D eigenvalue weighted by Gasteiger charge is -2.37. The molecule has 0 aliphatic carbocycles. The summed E-state index contributed by atoms with van der Waals surface area (Å²) in [4.78, 5) is 24.6. The Labute approximate surface area is 107 Å². The van der Waals surface area contributed by atoms with Gasteiger partial charge >= 0.3 is 0 Å². The molecular formula is C14H18N2O2. The van der Waals surface area contributed by atoms with E-state index < -0.39 is 0 Å². The van der Waals surface area contributed by atoms with Gasteiger partial charge in [0, 0.05) is 25.7 Å². The quantitative estimate of drug-likeness (QED) is 0.882. The average Bonchev–Trinajstić information content (AvgIpc) is 2.27. The number of nitrogens with zero attached hydrogens (tertiary/aromatic N) is 1. The molecule has 1 aromatic rings. The predicted molar refractivity (Wildman–Crippen MR) is 70.2 cm³/mol. The number of nitrogens with one attached hydrogen (secondary N) is 1. The molecule has 2 rings (SSSR count). The maximum absolute atomic E-state index is 11.9. The molecule has 2 amide bonds. The highest BCUT2D eigenvalue weighted by Crippen LogP contribution is 2.18. The van der Waals surface area contributed by atoms with Gasteiger partial charge in [-0.25, -0.2) is 0 Å². The number of likely N-dealkylation sites (tertiary alicyclic amines) is 1. The Balaban J connectivity index is 1.86. The first-order valence-electron chi connectivity index (χ1n) is 6.25. The molecular weight excluding hydrogens is 228 g/mol. The summed E-state index contributed by atoms with van der Waals surface area (Å²) in [5.74, 6) is -0.0390. The molecule has 0 radical (unpaired) electrons. The second kappa shape index (κ2) is 5.21. The fourth-order valence-electron chi connectivity index (χ4n) is 1.97. The van der Waals surface area contributed by atoms with Crippen molar-refractivity contribution in [2.24, 2.45) is 5.92 Å². The summed E-state index contributed by atoms with van der Waals surface area (Å²) in [6.45, 7) is 4.69. The van der Waals surface area contributed by atoms with Gasteiger partial charge in [0.2, 0.25) is 11.8 Å². The zero-order chi connectivity index (χ0) is 13.1. The third-order valence-corrected chi connectivity index (χ3v) is 3.33. The number of carbonyl (C=O) groups is 2. The molecule has 1 aliphatic rings. The third kappa shape index (κ3) is 2.70. The smallest absolute Gasteiger partial charge is 0.231 e. The number of carbonyl (C=O) groups excluding carboxylic acids is 2. The van der Waals surface area contributed by atoms with Crippen LogP contribution in [0.1, 0.15) is 19.4 Å². The number of hydrogen-bond donors (Lipinski definition) is 1. The van der Waals surface area contributed by atoms with Gasteiger partial charge in [0.05, 0.1) is 5.92 Å². The Morgan fingerprint density at radius 3 is 2.39 bits per heavy atom. The summed E-state index contributed by atoms with van der Waals surface area (Å²) in [6.07, 6.45) is 0.990. The van der Waals surface area contributed by atoms with E-state index in [0.29, 0.717) is 13.1 Å². The lowest BCUT2D eigenvalue weighted by Crippen LogP contribution is -2.53. The van der Waals surface area contributed by atoms with Gasteiger partial charge in [-0.1, -0.05) is 19.1 Å². The SMILES string of the molecule is CCc1ccc(NC(=O)C2CN(C(C)=O)C2)cc1. The van der Waals surface area contributed by atoms with E-state index in [0.717, 1.165) is 12.1 Å². The molecule has 1 heterocycles. The molecule has 1 N–H and O–H groups in total. The molecule has 0 aromatic heterocycles. The van der Waals surface area contributed by atoms with Gasteiger partial charge in [0.1, 0.15) is 0 Å². The van der Waals surface area contributed by atoms with Crippen LogP contribution in [0.15, 0.2) is 24.3 Å². The molecule has 0 unspecified atom stereocenters. The first-order valence-corrected chi connectivity index (χ1v) is 6.25. The number of amides is 2. The number of aryl methyl sites for hydroxylation is 1. The molecule has 0 saturated carbocycles. The minimum absolute atomic E-state index is 0.00301. The van der Waals surface area contributed by atoms with Crippen molar-refractivity contribution in [1.82, 2.24) is 4.90 Å². The van der Waals surface area contributed by atoms with Crippen LogP contribution in [0, 0.1) is 5.92 Å². The molecule has 0 bridgehead atoms. The predicted octanol–water partition coefficient (Wildman–Crippen LogP) is 1.67. The van der Waals surface area contributed by atoms with Crippen molar-refractivity contribution < 1.29 is 9.59 Å². The summed E-state index contributed by atoms with van der Waals surface area (Å²) in [7, 11) is 0. The highest BCUT2D eigenvalue weighted by atomic mass is 16.2. The normalized spacial score (nSPS) is 15.1. The molecule has 18 heavy (non-hydrogen) atoms. The van der Waals surface area contributed by atoms with E-state index in [-0.39, 0.29) is 17.7 Å². The van der Waals surface area contributed by atoms with Crippen LogP contribution in [0.4, 0.5) is 5.69 Å². The Bertz CT molecular complexity index is 447. The van der Waals surface area contributed by atoms with E-state index in [1.54, 1.807) is 4.90 Å². The third-order valence-electron chi connectivity index (χ3n) is 3.33. The Morgan fingerprint density at radius 2 is 1.89 bits per heavy atom. The number of anilines is 1. The van der Waals surface area contributed by atoms with Crippen LogP contribution in [0.3, 0.4) is 0 Å². The molecule has 4 heteroatoms. The van der Waals surface area contributed by atoms with Crippen molar-refractivity contribution in [2.75, 3.05) is 18.4 Å². The van der Waals surface area contributed by atoms with Crippen LogP contribution in [-0.2, 0) is 16.0 Å². The number of rotatable bonds is 3. The van der Waals surface area contributed by atoms with Gasteiger partial charge < -0.3 is 10.2 Å². The van der Waals surface area contributed by atoms with Crippen molar-refractivity contribution in [3.63, 3.8) is 0 Å². The van der Waals surface area contributed by atoms with Crippen LogP contribution >= 0.6 is 0 Å². The highest BCUT2D eigenvalue weighted by molar-refractivity contribution is 5.94. The van der Waals surface area contributed by atoms with Crippen molar-refractivity contribution in [2.45, 2.75) is 20.3 Å². The Morgan fingerprint density at radius 1 is 1.28 bits per heavy atom. The fourth-order valence-corrected chi connectivity index (χ4v) is 1.97. The van der Waals surface area contributed by atoms with Crippen molar-refractivity contribution in [1.29, 1.82) is 0 Å². The molecule has 1 aliphatic heterocycles. The molecule has 0 atom stereocenters. The van der Waals surface area contributed by atoms with Crippen LogP contribution in [-0.4, -0.2) is 29.8 Å². The van der Waals surface area contributed by atoms with Gasteiger partial charge in [-0.05, 0) is 24.1 Å². The van der Waals surface area contributed by atoms with Crippen LogP contribution < -0.4 is 5.32 Å². The molecule has 4 nitrogen and oxygen atoms in total. The molecule has 1 saturated heterocycles. The van der Waals surface area contributed by atoms with E-state index in [1.807, 2.05) is 24.3 Å². The summed E-state index contributed by atoms with van der Waals surface area (Å²) < 4.78 is 0. The highest BCUT2D eigenvalue weighted by Gasteiger charge is 2.33. The molecule has 0 spiro atoms.